The van der Waals surface area contributed by atoms with Crippen LogP contribution in [0.3, 0.4) is 0 Å². The zero-order valence-electron chi connectivity index (χ0n) is 7.72. The lowest BCUT2D eigenvalue weighted by molar-refractivity contribution is -0.139. The topological polar surface area (TPSA) is 57.9 Å². The van der Waals surface area contributed by atoms with Crippen LogP contribution in [0.2, 0.25) is 5.02 Å². The monoisotopic (exact) mass is 303 g/mol. The van der Waals surface area contributed by atoms with Gasteiger partial charge in [0.05, 0.1) is 16.1 Å². The van der Waals surface area contributed by atoms with E-state index in [1.165, 1.54) is 6.07 Å². The number of hydrogen-bond donors (Lipinski definition) is 0. The summed E-state index contributed by atoms with van der Waals surface area (Å²) in [5, 5.41) is 7.71. The van der Waals surface area contributed by atoms with E-state index in [9.17, 15) is 21.6 Å². The Bertz CT molecular complexity index is 604. The lowest BCUT2D eigenvalue weighted by atomic mass is 10.1. The molecule has 0 saturated heterocycles. The van der Waals surface area contributed by atoms with Gasteiger partial charge in [-0.1, -0.05) is 11.6 Å². The van der Waals surface area contributed by atoms with Crippen molar-refractivity contribution >= 4 is 31.3 Å². The van der Waals surface area contributed by atoms with Gasteiger partial charge in [0.25, 0.3) is 9.05 Å². The van der Waals surface area contributed by atoms with Crippen LogP contribution in [0.4, 0.5) is 13.2 Å². The van der Waals surface area contributed by atoms with E-state index in [1.807, 2.05) is 0 Å². The molecular weight excluding hydrogens is 302 g/mol. The van der Waals surface area contributed by atoms with Crippen LogP contribution in [0.25, 0.3) is 0 Å². The van der Waals surface area contributed by atoms with Crippen molar-refractivity contribution in [2.75, 3.05) is 0 Å². The Morgan fingerprint density at radius 3 is 2.18 bits per heavy atom. The standard InChI is InChI=1S/C8H2Cl2F3NO2S/c9-6-4(3-14)1-2-5(8(11,12)13)7(6)17(10,15)16/h1-2H. The van der Waals surface area contributed by atoms with Crippen molar-refractivity contribution in [2.24, 2.45) is 0 Å². The van der Waals surface area contributed by atoms with Crippen LogP contribution < -0.4 is 0 Å². The highest BCUT2D eigenvalue weighted by Gasteiger charge is 2.38. The summed E-state index contributed by atoms with van der Waals surface area (Å²) in [7, 11) is 0.172. The van der Waals surface area contributed by atoms with Crippen molar-refractivity contribution < 1.29 is 21.6 Å². The highest BCUT2D eigenvalue weighted by Crippen LogP contribution is 2.40. The minimum atomic E-state index is -4.94. The third-order valence-electron chi connectivity index (χ3n) is 1.77. The number of halogens is 5. The van der Waals surface area contributed by atoms with Crippen molar-refractivity contribution in [3.8, 4) is 6.07 Å². The predicted octanol–water partition coefficient (Wildman–Crippen LogP) is 3.16. The van der Waals surface area contributed by atoms with Gasteiger partial charge in [0.1, 0.15) is 11.0 Å². The van der Waals surface area contributed by atoms with Crippen LogP contribution >= 0.6 is 22.3 Å². The fourth-order valence-electron chi connectivity index (χ4n) is 1.10. The predicted molar refractivity (Wildman–Crippen MR) is 54.2 cm³/mol. The molecule has 0 heterocycles. The highest BCUT2D eigenvalue weighted by atomic mass is 35.7. The highest BCUT2D eigenvalue weighted by molar-refractivity contribution is 8.13. The molecule has 3 nitrogen and oxygen atoms in total. The van der Waals surface area contributed by atoms with Crippen LogP contribution in [0.5, 0.6) is 0 Å². The molecule has 0 aliphatic carbocycles. The molecule has 1 aromatic carbocycles. The smallest absolute Gasteiger partial charge is 0.207 e. The second-order valence-electron chi connectivity index (χ2n) is 2.85. The van der Waals surface area contributed by atoms with Crippen molar-refractivity contribution in [1.29, 1.82) is 5.26 Å². The van der Waals surface area contributed by atoms with Gasteiger partial charge in [-0.2, -0.15) is 18.4 Å². The minimum absolute atomic E-state index is 0.404. The first-order valence-corrected chi connectivity index (χ1v) is 6.52. The Kier molecular flexibility index (Phi) is 3.62. The van der Waals surface area contributed by atoms with E-state index in [2.05, 4.69) is 0 Å². The van der Waals surface area contributed by atoms with Gasteiger partial charge in [0, 0.05) is 10.7 Å². The molecule has 0 aliphatic rings. The molecule has 0 aromatic heterocycles. The van der Waals surface area contributed by atoms with Gasteiger partial charge in [0.2, 0.25) is 0 Å². The van der Waals surface area contributed by atoms with Gasteiger partial charge in [-0.15, -0.1) is 0 Å². The van der Waals surface area contributed by atoms with Crippen molar-refractivity contribution in [3.63, 3.8) is 0 Å². The molecule has 17 heavy (non-hydrogen) atoms. The maximum absolute atomic E-state index is 12.5. The summed E-state index contributed by atoms with van der Waals surface area (Å²) in [5.74, 6) is 0. The number of alkyl halides is 3. The van der Waals surface area contributed by atoms with Gasteiger partial charge in [0.15, 0.2) is 0 Å². The average Bonchev–Trinajstić information content (AvgIpc) is 2.13. The van der Waals surface area contributed by atoms with E-state index in [4.69, 9.17) is 27.5 Å². The molecule has 0 fully saturated rings. The molecule has 9 heteroatoms. The third-order valence-corrected chi connectivity index (χ3v) is 3.65. The lowest BCUT2D eigenvalue weighted by Gasteiger charge is -2.12. The third kappa shape index (κ3) is 2.83. The van der Waals surface area contributed by atoms with Gasteiger partial charge < -0.3 is 0 Å². The molecular formula is C8H2Cl2F3NO2S. The van der Waals surface area contributed by atoms with E-state index in [-0.39, 0.29) is 0 Å². The van der Waals surface area contributed by atoms with Crippen LogP contribution in [-0.4, -0.2) is 8.42 Å². The molecule has 1 rings (SSSR count). The quantitative estimate of drug-likeness (QED) is 0.749. The fraction of sp³-hybridized carbons (Fsp3) is 0.125. The Hall–Kier alpha value is -0.970. The van der Waals surface area contributed by atoms with Gasteiger partial charge >= 0.3 is 6.18 Å². The number of benzene rings is 1. The molecule has 1 aromatic rings. The molecule has 0 radical (unpaired) electrons. The zero-order valence-corrected chi connectivity index (χ0v) is 10.0. The van der Waals surface area contributed by atoms with Crippen molar-refractivity contribution in [2.45, 2.75) is 11.1 Å². The van der Waals surface area contributed by atoms with Gasteiger partial charge in [-0.05, 0) is 12.1 Å². The Balaban J connectivity index is 3.80. The molecule has 0 N–H and O–H groups in total. The number of rotatable bonds is 1. The molecule has 92 valence electrons. The Labute approximate surface area is 104 Å². The number of nitriles is 1. The second-order valence-corrected chi connectivity index (χ2v) is 5.73. The van der Waals surface area contributed by atoms with Gasteiger partial charge in [-0.3, -0.25) is 0 Å². The van der Waals surface area contributed by atoms with Crippen molar-refractivity contribution in [1.82, 2.24) is 0 Å². The first-order chi connectivity index (χ1) is 7.59. The summed E-state index contributed by atoms with van der Waals surface area (Å²) in [6.07, 6.45) is -4.94. The van der Waals surface area contributed by atoms with Crippen LogP contribution in [0, 0.1) is 11.3 Å². The van der Waals surface area contributed by atoms with Crippen molar-refractivity contribution in [3.05, 3.63) is 28.3 Å². The zero-order chi connectivity index (χ0) is 13.4. The normalized spacial score (nSPS) is 12.2. The SMILES string of the molecule is N#Cc1ccc(C(F)(F)F)c(S(=O)(=O)Cl)c1Cl. The molecule has 0 spiro atoms. The lowest BCUT2D eigenvalue weighted by Crippen LogP contribution is -2.11. The van der Waals surface area contributed by atoms with E-state index < -0.39 is 36.3 Å². The summed E-state index contributed by atoms with van der Waals surface area (Å²) < 4.78 is 59.7. The molecule has 0 aliphatic heterocycles. The average molecular weight is 304 g/mol. The first-order valence-electron chi connectivity index (χ1n) is 3.83. The molecule has 0 amide bonds. The molecule has 0 atom stereocenters. The van der Waals surface area contributed by atoms with Gasteiger partial charge in [-0.25, -0.2) is 8.42 Å². The number of nitrogens with zero attached hydrogens (tertiary/aromatic N) is 1. The van der Waals surface area contributed by atoms with Crippen LogP contribution in [0.1, 0.15) is 11.1 Å². The van der Waals surface area contributed by atoms with Crippen LogP contribution in [-0.2, 0) is 15.2 Å². The van der Waals surface area contributed by atoms with E-state index in [1.54, 1.807) is 0 Å². The maximum atomic E-state index is 12.5. The summed E-state index contributed by atoms with van der Waals surface area (Å²) in [6.45, 7) is 0. The Morgan fingerprint density at radius 2 is 1.82 bits per heavy atom. The summed E-state index contributed by atoms with van der Waals surface area (Å²) >= 11 is 5.42. The summed E-state index contributed by atoms with van der Waals surface area (Å²) in [6, 6.07) is 2.68. The molecule has 0 saturated carbocycles. The minimum Gasteiger partial charge on any atom is -0.207 e. The maximum Gasteiger partial charge on any atom is 0.417 e. The first kappa shape index (κ1) is 14.1. The molecule has 0 bridgehead atoms. The largest absolute Gasteiger partial charge is 0.417 e. The van der Waals surface area contributed by atoms with Crippen LogP contribution in [0.15, 0.2) is 17.0 Å². The summed E-state index contributed by atoms with van der Waals surface area (Å²) in [4.78, 5) is -1.30. The van der Waals surface area contributed by atoms with E-state index in [0.717, 1.165) is 6.07 Å². The Morgan fingerprint density at radius 1 is 1.29 bits per heavy atom. The van der Waals surface area contributed by atoms with E-state index in [0.29, 0.717) is 6.07 Å². The second kappa shape index (κ2) is 4.37. The molecule has 0 unspecified atom stereocenters. The number of hydrogen-bond acceptors (Lipinski definition) is 3. The fourth-order valence-corrected chi connectivity index (χ4v) is 2.99. The summed E-state index contributed by atoms with van der Waals surface area (Å²) in [5.41, 5.74) is -1.91. The van der Waals surface area contributed by atoms with E-state index >= 15 is 0 Å².